The molecular weight excluding hydrogens is 218 g/mol. The number of hydrogen-bond acceptors (Lipinski definition) is 5. The molecular formula is C12H21N3O2. The summed E-state index contributed by atoms with van der Waals surface area (Å²) in [6, 6.07) is 0.217. The zero-order valence-electron chi connectivity index (χ0n) is 10.8. The third kappa shape index (κ3) is 2.84. The Bertz CT molecular complexity index is 345. The number of hydrogen-bond donors (Lipinski definition) is 1. The van der Waals surface area contributed by atoms with Crippen molar-refractivity contribution in [3.05, 3.63) is 11.7 Å². The highest BCUT2D eigenvalue weighted by Gasteiger charge is 2.25. The third-order valence-electron chi connectivity index (χ3n) is 3.18. The van der Waals surface area contributed by atoms with Crippen LogP contribution in [0.2, 0.25) is 0 Å². The first-order chi connectivity index (χ1) is 8.22. The van der Waals surface area contributed by atoms with Gasteiger partial charge < -0.3 is 14.6 Å². The predicted octanol–water partition coefficient (Wildman–Crippen LogP) is 2.23. The van der Waals surface area contributed by atoms with Gasteiger partial charge in [-0.05, 0) is 25.3 Å². The first-order valence-corrected chi connectivity index (χ1v) is 6.32. The van der Waals surface area contributed by atoms with Gasteiger partial charge in [0.2, 0.25) is 11.7 Å². The summed E-state index contributed by atoms with van der Waals surface area (Å²) in [6.07, 6.45) is 3.43. The molecule has 17 heavy (non-hydrogen) atoms. The number of aromatic nitrogens is 2. The lowest BCUT2D eigenvalue weighted by molar-refractivity contribution is 0.0555. The summed E-state index contributed by atoms with van der Waals surface area (Å²) in [4.78, 5) is 4.46. The molecule has 0 amide bonds. The summed E-state index contributed by atoms with van der Waals surface area (Å²) in [5, 5.41) is 7.43. The molecule has 5 nitrogen and oxygen atoms in total. The number of ether oxygens (including phenoxy) is 1. The minimum absolute atomic E-state index is 0.0870. The third-order valence-corrected chi connectivity index (χ3v) is 3.18. The lowest BCUT2D eigenvalue weighted by Crippen LogP contribution is -2.27. The molecule has 1 N–H and O–H groups in total. The van der Waals surface area contributed by atoms with E-state index in [4.69, 9.17) is 9.26 Å². The van der Waals surface area contributed by atoms with Crippen LogP contribution in [-0.4, -0.2) is 23.8 Å². The van der Waals surface area contributed by atoms with Crippen LogP contribution in [0.25, 0.3) is 0 Å². The van der Waals surface area contributed by atoms with Crippen molar-refractivity contribution in [2.45, 2.75) is 45.3 Å². The SMILES string of the molecule is COC(c1noc([C@@H]2CCCCN2)n1)C(C)C. The molecule has 0 bridgehead atoms. The summed E-state index contributed by atoms with van der Waals surface area (Å²) >= 11 is 0. The Morgan fingerprint density at radius 3 is 2.82 bits per heavy atom. The van der Waals surface area contributed by atoms with Crippen molar-refractivity contribution in [2.75, 3.05) is 13.7 Å². The van der Waals surface area contributed by atoms with Crippen LogP contribution in [0.3, 0.4) is 0 Å². The van der Waals surface area contributed by atoms with E-state index in [2.05, 4.69) is 29.3 Å². The Kier molecular flexibility index (Phi) is 4.12. The number of nitrogens with zero attached hydrogens (tertiary/aromatic N) is 2. The maximum atomic E-state index is 5.39. The van der Waals surface area contributed by atoms with Gasteiger partial charge >= 0.3 is 0 Å². The first kappa shape index (κ1) is 12.5. The predicted molar refractivity (Wildman–Crippen MR) is 63.5 cm³/mol. The maximum absolute atomic E-state index is 5.39. The van der Waals surface area contributed by atoms with Crippen molar-refractivity contribution in [3.8, 4) is 0 Å². The van der Waals surface area contributed by atoms with E-state index in [1.54, 1.807) is 7.11 Å². The van der Waals surface area contributed by atoms with E-state index in [0.29, 0.717) is 17.6 Å². The molecule has 1 aromatic heterocycles. The molecule has 0 spiro atoms. The van der Waals surface area contributed by atoms with Crippen molar-refractivity contribution < 1.29 is 9.26 Å². The number of piperidine rings is 1. The van der Waals surface area contributed by atoms with E-state index >= 15 is 0 Å². The van der Waals surface area contributed by atoms with Crippen LogP contribution < -0.4 is 5.32 Å². The van der Waals surface area contributed by atoms with Gasteiger partial charge in [-0.25, -0.2) is 0 Å². The molecule has 0 radical (unpaired) electrons. The molecule has 5 heteroatoms. The summed E-state index contributed by atoms with van der Waals surface area (Å²) in [6.45, 7) is 5.20. The van der Waals surface area contributed by atoms with E-state index in [-0.39, 0.29) is 12.1 Å². The highest BCUT2D eigenvalue weighted by Crippen LogP contribution is 2.26. The second kappa shape index (κ2) is 5.60. The molecule has 1 saturated heterocycles. The van der Waals surface area contributed by atoms with Crippen LogP contribution in [0.15, 0.2) is 4.52 Å². The zero-order valence-corrected chi connectivity index (χ0v) is 10.8. The number of nitrogens with one attached hydrogen (secondary N) is 1. The van der Waals surface area contributed by atoms with Gasteiger partial charge in [0.15, 0.2) is 0 Å². The molecule has 2 rings (SSSR count). The molecule has 2 atom stereocenters. The maximum Gasteiger partial charge on any atom is 0.243 e. The molecule has 1 unspecified atom stereocenters. The highest BCUT2D eigenvalue weighted by molar-refractivity contribution is 4.97. The van der Waals surface area contributed by atoms with E-state index < -0.39 is 0 Å². The molecule has 1 aromatic rings. The van der Waals surface area contributed by atoms with Gasteiger partial charge in [0, 0.05) is 7.11 Å². The van der Waals surface area contributed by atoms with Crippen LogP contribution >= 0.6 is 0 Å². The molecule has 1 fully saturated rings. The van der Waals surface area contributed by atoms with Gasteiger partial charge in [0.25, 0.3) is 0 Å². The fraction of sp³-hybridized carbons (Fsp3) is 0.833. The molecule has 96 valence electrons. The van der Waals surface area contributed by atoms with Crippen LogP contribution in [-0.2, 0) is 4.74 Å². The standard InChI is InChI=1S/C12H21N3O2/c1-8(2)10(16-3)11-14-12(17-15-11)9-6-4-5-7-13-9/h8-10,13H,4-7H2,1-3H3/t9-,10?/m0/s1. The molecule has 0 aromatic carbocycles. The van der Waals surface area contributed by atoms with E-state index in [0.717, 1.165) is 13.0 Å². The normalized spacial score (nSPS) is 22.9. The molecule has 2 heterocycles. The van der Waals surface area contributed by atoms with Crippen molar-refractivity contribution >= 4 is 0 Å². The van der Waals surface area contributed by atoms with Crippen molar-refractivity contribution in [2.24, 2.45) is 5.92 Å². The van der Waals surface area contributed by atoms with Crippen molar-refractivity contribution in [3.63, 3.8) is 0 Å². The number of methoxy groups -OCH3 is 1. The minimum Gasteiger partial charge on any atom is -0.373 e. The van der Waals surface area contributed by atoms with Crippen LogP contribution in [0.4, 0.5) is 0 Å². The average Bonchev–Trinajstić information content (AvgIpc) is 2.80. The van der Waals surface area contributed by atoms with Gasteiger partial charge in [-0.3, -0.25) is 0 Å². The summed E-state index contributed by atoms with van der Waals surface area (Å²) < 4.78 is 10.7. The fourth-order valence-electron chi connectivity index (χ4n) is 2.24. The van der Waals surface area contributed by atoms with Gasteiger partial charge in [-0.1, -0.05) is 25.4 Å². The highest BCUT2D eigenvalue weighted by atomic mass is 16.5. The molecule has 0 saturated carbocycles. The lowest BCUT2D eigenvalue weighted by atomic mass is 10.0. The molecule has 0 aliphatic carbocycles. The Labute approximate surface area is 102 Å². The Morgan fingerprint density at radius 2 is 2.24 bits per heavy atom. The second-order valence-electron chi connectivity index (χ2n) is 4.89. The zero-order chi connectivity index (χ0) is 12.3. The Hall–Kier alpha value is -0.940. The monoisotopic (exact) mass is 239 g/mol. The molecule has 1 aliphatic heterocycles. The first-order valence-electron chi connectivity index (χ1n) is 6.32. The van der Waals surface area contributed by atoms with E-state index in [1.807, 2.05) is 0 Å². The van der Waals surface area contributed by atoms with Gasteiger partial charge in [-0.2, -0.15) is 4.98 Å². The summed E-state index contributed by atoms with van der Waals surface area (Å²) in [7, 11) is 1.68. The fourth-order valence-corrected chi connectivity index (χ4v) is 2.24. The Morgan fingerprint density at radius 1 is 1.41 bits per heavy atom. The van der Waals surface area contributed by atoms with Crippen molar-refractivity contribution in [1.29, 1.82) is 0 Å². The summed E-state index contributed by atoms with van der Waals surface area (Å²) in [5.41, 5.74) is 0. The van der Waals surface area contributed by atoms with Gasteiger partial charge in [0.05, 0.1) is 6.04 Å². The Balaban J connectivity index is 2.08. The van der Waals surface area contributed by atoms with Gasteiger partial charge in [0.1, 0.15) is 6.10 Å². The topological polar surface area (TPSA) is 60.2 Å². The van der Waals surface area contributed by atoms with Crippen LogP contribution in [0.5, 0.6) is 0 Å². The summed E-state index contributed by atoms with van der Waals surface area (Å²) in [5.74, 6) is 1.69. The average molecular weight is 239 g/mol. The smallest absolute Gasteiger partial charge is 0.243 e. The van der Waals surface area contributed by atoms with Crippen LogP contribution in [0.1, 0.15) is 57.0 Å². The minimum atomic E-state index is -0.0870. The lowest BCUT2D eigenvalue weighted by Gasteiger charge is -2.19. The van der Waals surface area contributed by atoms with Crippen LogP contribution in [0, 0.1) is 5.92 Å². The number of rotatable bonds is 4. The van der Waals surface area contributed by atoms with Gasteiger partial charge in [-0.15, -0.1) is 0 Å². The molecule has 1 aliphatic rings. The largest absolute Gasteiger partial charge is 0.373 e. The van der Waals surface area contributed by atoms with E-state index in [9.17, 15) is 0 Å². The van der Waals surface area contributed by atoms with E-state index in [1.165, 1.54) is 12.8 Å². The quantitative estimate of drug-likeness (QED) is 0.873. The second-order valence-corrected chi connectivity index (χ2v) is 4.89. The van der Waals surface area contributed by atoms with Crippen molar-refractivity contribution in [1.82, 2.24) is 15.5 Å².